The van der Waals surface area contributed by atoms with Gasteiger partial charge in [-0.3, -0.25) is 5.32 Å². The van der Waals surface area contributed by atoms with Gasteiger partial charge in [0.1, 0.15) is 11.4 Å². The van der Waals surface area contributed by atoms with Crippen molar-refractivity contribution in [3.05, 3.63) is 29.4 Å². The average molecular weight is 255 g/mol. The summed E-state index contributed by atoms with van der Waals surface area (Å²) in [6, 6.07) is 1.62. The predicted molar refractivity (Wildman–Crippen MR) is 69.2 cm³/mol. The first-order valence-corrected chi connectivity index (χ1v) is 5.48. The molecule has 0 spiro atoms. The van der Waals surface area contributed by atoms with Gasteiger partial charge in [-0.25, -0.2) is 9.78 Å². The second-order valence-electron chi connectivity index (χ2n) is 4.39. The fourth-order valence-corrected chi connectivity index (χ4v) is 1.37. The van der Waals surface area contributed by atoms with E-state index >= 15 is 0 Å². The first-order valence-electron chi connectivity index (χ1n) is 5.10. The number of ether oxygens (including phenoxy) is 1. The highest BCUT2D eigenvalue weighted by Crippen LogP contribution is 2.23. The van der Waals surface area contributed by atoms with E-state index in [1.807, 2.05) is 0 Å². The van der Waals surface area contributed by atoms with E-state index in [-0.39, 0.29) is 0 Å². The average Bonchev–Trinajstić information content (AvgIpc) is 2.14. The number of nitrogens with one attached hydrogen (secondary N) is 1. The van der Waals surface area contributed by atoms with Crippen LogP contribution < -0.4 is 5.32 Å². The Kier molecular flexibility index (Phi) is 4.12. The summed E-state index contributed by atoms with van der Waals surface area (Å²) in [6.07, 6.45) is 2.46. The first-order chi connectivity index (χ1) is 7.83. The fourth-order valence-electron chi connectivity index (χ4n) is 1.14. The summed E-state index contributed by atoms with van der Waals surface area (Å²) >= 11 is 5.94. The Morgan fingerprint density at radius 1 is 1.59 bits per heavy atom. The summed E-state index contributed by atoms with van der Waals surface area (Å²) in [4.78, 5) is 15.6. The number of nitrogens with zero attached hydrogens (tertiary/aromatic N) is 1. The summed E-state index contributed by atoms with van der Waals surface area (Å²) in [6.45, 7) is 8.97. The molecule has 0 bridgehead atoms. The first kappa shape index (κ1) is 13.5. The van der Waals surface area contributed by atoms with Gasteiger partial charge in [-0.1, -0.05) is 24.3 Å². The molecule has 1 aromatic rings. The molecule has 1 N–H and O–H groups in total. The molecule has 17 heavy (non-hydrogen) atoms. The van der Waals surface area contributed by atoms with E-state index in [0.717, 1.165) is 0 Å². The van der Waals surface area contributed by atoms with Gasteiger partial charge in [0.05, 0.1) is 5.02 Å². The molecule has 4 nitrogen and oxygen atoms in total. The molecule has 0 aromatic carbocycles. The molecule has 1 rings (SSSR count). The Hall–Kier alpha value is -1.55. The van der Waals surface area contributed by atoms with Gasteiger partial charge < -0.3 is 4.74 Å². The topological polar surface area (TPSA) is 51.2 Å². The number of amides is 1. The SMILES string of the molecule is C=Cc1c(Cl)ccnc1NC(=O)OC(C)(C)C. The highest BCUT2D eigenvalue weighted by molar-refractivity contribution is 6.32. The van der Waals surface area contributed by atoms with Crippen molar-refractivity contribution in [3.8, 4) is 0 Å². The minimum absolute atomic E-state index is 0.335. The molecular weight excluding hydrogens is 240 g/mol. The lowest BCUT2D eigenvalue weighted by Crippen LogP contribution is -2.27. The summed E-state index contributed by atoms with van der Waals surface area (Å²) in [5.41, 5.74) is 0.0109. The van der Waals surface area contributed by atoms with Crippen LogP contribution >= 0.6 is 11.6 Å². The number of carbonyl (C=O) groups excluding carboxylic acids is 1. The standard InChI is InChI=1S/C12H15ClN2O2/c1-5-8-9(13)6-7-14-10(8)15-11(16)17-12(2,3)4/h5-7H,1H2,2-4H3,(H,14,15,16). The van der Waals surface area contributed by atoms with Gasteiger partial charge in [0, 0.05) is 11.8 Å². The molecule has 0 aliphatic carbocycles. The van der Waals surface area contributed by atoms with Crippen molar-refractivity contribution in [2.45, 2.75) is 26.4 Å². The van der Waals surface area contributed by atoms with Gasteiger partial charge in [-0.15, -0.1) is 0 Å². The highest BCUT2D eigenvalue weighted by atomic mass is 35.5. The molecule has 0 saturated carbocycles. The number of carbonyl (C=O) groups is 1. The zero-order valence-electron chi connectivity index (χ0n) is 10.1. The Morgan fingerprint density at radius 2 is 2.24 bits per heavy atom. The number of pyridine rings is 1. The monoisotopic (exact) mass is 254 g/mol. The molecule has 5 heteroatoms. The second kappa shape index (κ2) is 5.19. The van der Waals surface area contributed by atoms with Crippen molar-refractivity contribution >= 4 is 29.6 Å². The van der Waals surface area contributed by atoms with Crippen molar-refractivity contribution < 1.29 is 9.53 Å². The minimum Gasteiger partial charge on any atom is -0.444 e. The minimum atomic E-state index is -0.574. The van der Waals surface area contributed by atoms with Crippen LogP contribution in [0.3, 0.4) is 0 Å². The number of rotatable bonds is 2. The molecule has 0 saturated heterocycles. The van der Waals surface area contributed by atoms with E-state index in [0.29, 0.717) is 16.4 Å². The van der Waals surface area contributed by atoms with Gasteiger partial charge in [-0.05, 0) is 26.8 Å². The van der Waals surface area contributed by atoms with Crippen LogP contribution in [-0.2, 0) is 4.74 Å². The van der Waals surface area contributed by atoms with Crippen molar-refractivity contribution in [3.63, 3.8) is 0 Å². The van der Waals surface area contributed by atoms with Crippen molar-refractivity contribution in [2.75, 3.05) is 5.32 Å². The molecule has 0 aliphatic rings. The summed E-state index contributed by atoms with van der Waals surface area (Å²) in [7, 11) is 0. The molecule has 0 unspecified atom stereocenters. The van der Waals surface area contributed by atoms with Crippen LogP contribution in [0, 0.1) is 0 Å². The van der Waals surface area contributed by atoms with Gasteiger partial charge in [0.25, 0.3) is 0 Å². The highest BCUT2D eigenvalue weighted by Gasteiger charge is 2.17. The quantitative estimate of drug-likeness (QED) is 0.875. The molecule has 0 radical (unpaired) electrons. The second-order valence-corrected chi connectivity index (χ2v) is 4.79. The smallest absolute Gasteiger partial charge is 0.413 e. The molecule has 0 atom stereocenters. The summed E-state index contributed by atoms with van der Waals surface area (Å²) in [5.74, 6) is 0.335. The number of aromatic nitrogens is 1. The van der Waals surface area contributed by atoms with E-state index in [1.54, 1.807) is 26.8 Å². The van der Waals surface area contributed by atoms with Crippen molar-refractivity contribution in [1.82, 2.24) is 4.98 Å². The fraction of sp³-hybridized carbons (Fsp3) is 0.333. The molecular formula is C12H15ClN2O2. The molecule has 92 valence electrons. The van der Waals surface area contributed by atoms with Gasteiger partial charge >= 0.3 is 6.09 Å². The maximum atomic E-state index is 11.6. The zero-order valence-corrected chi connectivity index (χ0v) is 10.8. The van der Waals surface area contributed by atoms with Gasteiger partial charge in [-0.2, -0.15) is 0 Å². The number of hydrogen-bond acceptors (Lipinski definition) is 3. The van der Waals surface area contributed by atoms with Crippen molar-refractivity contribution in [2.24, 2.45) is 0 Å². The van der Waals surface area contributed by atoms with E-state index in [1.165, 1.54) is 12.3 Å². The Morgan fingerprint density at radius 3 is 2.76 bits per heavy atom. The Labute approximate surface area is 106 Å². The van der Waals surface area contributed by atoms with Crippen LogP contribution in [0.4, 0.5) is 10.6 Å². The van der Waals surface area contributed by atoms with Crippen LogP contribution in [-0.4, -0.2) is 16.7 Å². The van der Waals surface area contributed by atoms with Crippen LogP contribution in [0.2, 0.25) is 5.02 Å². The predicted octanol–water partition coefficient (Wildman–Crippen LogP) is 3.73. The zero-order chi connectivity index (χ0) is 13.1. The maximum Gasteiger partial charge on any atom is 0.413 e. The Balaban J connectivity index is 2.85. The molecule has 0 fully saturated rings. The number of halogens is 1. The van der Waals surface area contributed by atoms with Crippen molar-refractivity contribution in [1.29, 1.82) is 0 Å². The Bertz CT molecular complexity index is 439. The summed E-state index contributed by atoms with van der Waals surface area (Å²) in [5, 5.41) is 3.00. The van der Waals surface area contributed by atoms with E-state index in [9.17, 15) is 4.79 Å². The third-order valence-electron chi connectivity index (χ3n) is 1.76. The lowest BCUT2D eigenvalue weighted by Gasteiger charge is -2.19. The number of hydrogen-bond donors (Lipinski definition) is 1. The van der Waals surface area contributed by atoms with E-state index in [2.05, 4.69) is 16.9 Å². The number of anilines is 1. The lowest BCUT2D eigenvalue weighted by atomic mass is 10.2. The molecule has 1 heterocycles. The van der Waals surface area contributed by atoms with E-state index in [4.69, 9.17) is 16.3 Å². The molecule has 0 aliphatic heterocycles. The van der Waals surface area contributed by atoms with Gasteiger partial charge in [0.15, 0.2) is 0 Å². The van der Waals surface area contributed by atoms with Crippen LogP contribution in [0.5, 0.6) is 0 Å². The lowest BCUT2D eigenvalue weighted by molar-refractivity contribution is 0.0635. The van der Waals surface area contributed by atoms with Crippen LogP contribution in [0.25, 0.3) is 6.08 Å². The van der Waals surface area contributed by atoms with Crippen LogP contribution in [0.1, 0.15) is 26.3 Å². The molecule has 1 aromatic heterocycles. The van der Waals surface area contributed by atoms with E-state index < -0.39 is 11.7 Å². The third-order valence-corrected chi connectivity index (χ3v) is 2.09. The van der Waals surface area contributed by atoms with Gasteiger partial charge in [0.2, 0.25) is 0 Å². The summed E-state index contributed by atoms with van der Waals surface area (Å²) < 4.78 is 5.11. The molecule has 1 amide bonds. The largest absolute Gasteiger partial charge is 0.444 e. The third kappa shape index (κ3) is 4.07. The van der Waals surface area contributed by atoms with Crippen LogP contribution in [0.15, 0.2) is 18.8 Å². The normalized spacial score (nSPS) is 10.8. The maximum absolute atomic E-state index is 11.6.